The van der Waals surface area contributed by atoms with E-state index in [-0.39, 0.29) is 11.7 Å². The van der Waals surface area contributed by atoms with Crippen LogP contribution in [0.5, 0.6) is 5.75 Å². The first-order valence-electron chi connectivity index (χ1n) is 9.40. The van der Waals surface area contributed by atoms with E-state index in [9.17, 15) is 13.2 Å². The molecule has 1 aromatic carbocycles. The molecule has 1 amide bonds. The van der Waals surface area contributed by atoms with Crippen LogP contribution < -0.4 is 10.5 Å². The van der Waals surface area contributed by atoms with Crippen LogP contribution in [-0.2, 0) is 25.8 Å². The minimum absolute atomic E-state index is 0.0957. The Balaban J connectivity index is 0.000000960. The predicted octanol–water partition coefficient (Wildman–Crippen LogP) is -0.154. The number of piperazine rings is 1. The molecule has 0 saturated carbocycles. The van der Waals surface area contributed by atoms with E-state index in [4.69, 9.17) is 20.4 Å². The molecule has 3 N–H and O–H groups in total. The van der Waals surface area contributed by atoms with Crippen molar-refractivity contribution in [2.24, 2.45) is 5.73 Å². The van der Waals surface area contributed by atoms with Gasteiger partial charge in [-0.2, -0.15) is 0 Å². The molecular weight excluding hydrogens is 398 g/mol. The Kier molecular flexibility index (Phi) is 10.6. The van der Waals surface area contributed by atoms with Crippen LogP contribution in [0.4, 0.5) is 0 Å². The summed E-state index contributed by atoms with van der Waals surface area (Å²) in [4.78, 5) is 25.3. The number of carbonyl (C=O) groups is 2. The number of amides is 1. The van der Waals surface area contributed by atoms with Crippen molar-refractivity contribution >= 4 is 21.7 Å². The summed E-state index contributed by atoms with van der Waals surface area (Å²) < 4.78 is 27.9. The molecule has 164 valence electrons. The van der Waals surface area contributed by atoms with E-state index in [1.54, 1.807) is 0 Å². The van der Waals surface area contributed by atoms with Gasteiger partial charge in [0.1, 0.15) is 22.2 Å². The molecule has 1 aromatic rings. The van der Waals surface area contributed by atoms with E-state index in [1.165, 1.54) is 6.26 Å². The highest BCUT2D eigenvalue weighted by Gasteiger charge is 2.21. The molecular formula is C19H31N3O6S. The van der Waals surface area contributed by atoms with Gasteiger partial charge in [-0.15, -0.1) is 0 Å². The fourth-order valence-electron chi connectivity index (χ4n) is 2.68. The quantitative estimate of drug-likeness (QED) is 0.583. The van der Waals surface area contributed by atoms with Gasteiger partial charge in [-0.25, -0.2) is 8.42 Å². The van der Waals surface area contributed by atoms with Crippen molar-refractivity contribution in [1.82, 2.24) is 9.80 Å². The Bertz CT molecular complexity index is 740. The molecule has 1 heterocycles. The maximum Gasteiger partial charge on any atom is 0.300 e. The molecule has 0 aromatic heterocycles. The highest BCUT2D eigenvalue weighted by molar-refractivity contribution is 7.90. The Labute approximate surface area is 172 Å². The number of rotatable bonds is 8. The summed E-state index contributed by atoms with van der Waals surface area (Å²) in [7, 11) is -2.94. The Morgan fingerprint density at radius 1 is 1.14 bits per heavy atom. The second-order valence-electron chi connectivity index (χ2n) is 6.83. The lowest BCUT2D eigenvalue weighted by atomic mass is 10.1. The fourth-order valence-corrected chi connectivity index (χ4v) is 3.27. The molecule has 10 heteroatoms. The monoisotopic (exact) mass is 429 g/mol. The summed E-state index contributed by atoms with van der Waals surface area (Å²) in [5.41, 5.74) is 6.34. The second-order valence-corrected chi connectivity index (χ2v) is 9.09. The minimum Gasteiger partial charge on any atom is -0.492 e. The maximum absolute atomic E-state index is 12.4. The van der Waals surface area contributed by atoms with Crippen molar-refractivity contribution in [3.8, 4) is 5.75 Å². The van der Waals surface area contributed by atoms with Gasteiger partial charge in [-0.1, -0.05) is 12.1 Å². The van der Waals surface area contributed by atoms with Gasteiger partial charge in [0, 0.05) is 52.4 Å². The lowest BCUT2D eigenvalue weighted by Gasteiger charge is -2.34. The maximum atomic E-state index is 12.4. The molecule has 1 saturated heterocycles. The largest absolute Gasteiger partial charge is 0.492 e. The van der Waals surface area contributed by atoms with Crippen LogP contribution in [0.15, 0.2) is 24.3 Å². The topological polar surface area (TPSA) is 130 Å². The van der Waals surface area contributed by atoms with Crippen LogP contribution in [0.2, 0.25) is 0 Å². The Morgan fingerprint density at radius 2 is 1.69 bits per heavy atom. The van der Waals surface area contributed by atoms with Gasteiger partial charge in [0.25, 0.3) is 5.97 Å². The average molecular weight is 430 g/mol. The third-order valence-corrected chi connectivity index (χ3v) is 5.09. The summed E-state index contributed by atoms with van der Waals surface area (Å²) in [6.07, 6.45) is 1.61. The molecule has 2 rings (SSSR count). The van der Waals surface area contributed by atoms with Gasteiger partial charge in [-0.05, 0) is 17.7 Å². The van der Waals surface area contributed by atoms with Gasteiger partial charge in [0.05, 0.1) is 12.2 Å². The highest BCUT2D eigenvalue weighted by atomic mass is 32.2. The van der Waals surface area contributed by atoms with E-state index in [2.05, 4.69) is 4.90 Å². The zero-order chi connectivity index (χ0) is 21.9. The summed E-state index contributed by atoms with van der Waals surface area (Å²) in [6.45, 7) is 5.27. The Morgan fingerprint density at radius 3 is 2.17 bits per heavy atom. The van der Waals surface area contributed by atoms with Gasteiger partial charge in [0.15, 0.2) is 0 Å². The number of nitrogens with zero attached hydrogens (tertiary/aromatic N) is 2. The lowest BCUT2D eigenvalue weighted by molar-refractivity contribution is -0.134. The van der Waals surface area contributed by atoms with Crippen molar-refractivity contribution in [3.05, 3.63) is 29.8 Å². The van der Waals surface area contributed by atoms with Gasteiger partial charge >= 0.3 is 0 Å². The van der Waals surface area contributed by atoms with Gasteiger partial charge < -0.3 is 20.5 Å². The van der Waals surface area contributed by atoms with E-state index >= 15 is 0 Å². The second kappa shape index (κ2) is 12.4. The first kappa shape index (κ1) is 24.9. The number of hydrogen-bond acceptors (Lipinski definition) is 7. The van der Waals surface area contributed by atoms with Crippen LogP contribution in [0, 0.1) is 0 Å². The summed E-state index contributed by atoms with van der Waals surface area (Å²) in [5.74, 6) is 0.180. The van der Waals surface area contributed by atoms with Crippen molar-refractivity contribution in [1.29, 1.82) is 0 Å². The molecule has 1 aliphatic rings. The minimum atomic E-state index is -2.94. The number of benzene rings is 1. The number of carboxylic acids is 1. The molecule has 9 nitrogen and oxygen atoms in total. The van der Waals surface area contributed by atoms with E-state index in [1.807, 2.05) is 29.2 Å². The molecule has 0 spiro atoms. The fraction of sp³-hybridized carbons (Fsp3) is 0.579. The van der Waals surface area contributed by atoms with Crippen LogP contribution in [-0.4, -0.2) is 93.1 Å². The van der Waals surface area contributed by atoms with Crippen LogP contribution in [0.25, 0.3) is 0 Å². The number of aliphatic carboxylic acids is 1. The van der Waals surface area contributed by atoms with Gasteiger partial charge in [-0.3, -0.25) is 14.5 Å². The van der Waals surface area contributed by atoms with Crippen LogP contribution >= 0.6 is 0 Å². The average Bonchev–Trinajstić information content (AvgIpc) is 2.65. The van der Waals surface area contributed by atoms with E-state index in [0.29, 0.717) is 52.3 Å². The summed E-state index contributed by atoms with van der Waals surface area (Å²) in [5, 5.41) is 7.42. The molecule has 0 unspecified atom stereocenters. The first-order chi connectivity index (χ1) is 13.6. The zero-order valence-corrected chi connectivity index (χ0v) is 17.9. The summed E-state index contributed by atoms with van der Waals surface area (Å²) >= 11 is 0. The van der Waals surface area contributed by atoms with Crippen LogP contribution in [0.3, 0.4) is 0 Å². The van der Waals surface area contributed by atoms with E-state index < -0.39 is 15.8 Å². The van der Waals surface area contributed by atoms with Crippen LogP contribution in [0.1, 0.15) is 12.5 Å². The first-order valence-corrected chi connectivity index (χ1v) is 11.5. The van der Waals surface area contributed by atoms with Crippen molar-refractivity contribution in [2.75, 3.05) is 57.9 Å². The number of sulfone groups is 1. The molecule has 0 atom stereocenters. The highest BCUT2D eigenvalue weighted by Crippen LogP contribution is 2.13. The molecule has 1 fully saturated rings. The molecule has 1 aliphatic heterocycles. The predicted molar refractivity (Wildman–Crippen MR) is 111 cm³/mol. The number of carboxylic acid groups (broad SMARTS) is 1. The van der Waals surface area contributed by atoms with Crippen molar-refractivity contribution < 1.29 is 27.9 Å². The van der Waals surface area contributed by atoms with E-state index in [0.717, 1.165) is 18.2 Å². The number of nitrogens with two attached hydrogens (primary N) is 1. The number of carbonyl (C=O) groups excluding carboxylic acids is 1. The number of ether oxygens (including phenoxy) is 1. The standard InChI is InChI=1S/C17H27N3O4S.C2H4O2/c1-25(22,23)13-11-19-7-9-20(10-8-19)17(21)14-15-2-4-16(5-3-15)24-12-6-18;1-2(3)4/h2-5H,6-14,18H2,1H3;1H3,(H,3,4). The van der Waals surface area contributed by atoms with Crippen molar-refractivity contribution in [3.63, 3.8) is 0 Å². The third kappa shape index (κ3) is 11.4. The lowest BCUT2D eigenvalue weighted by Crippen LogP contribution is -2.50. The van der Waals surface area contributed by atoms with Crippen molar-refractivity contribution in [2.45, 2.75) is 13.3 Å². The molecule has 29 heavy (non-hydrogen) atoms. The SMILES string of the molecule is CC(=O)O.CS(=O)(=O)CCN1CCN(C(=O)Cc2ccc(OCCN)cc2)CC1. The Hall–Kier alpha value is -2.17. The summed E-state index contributed by atoms with van der Waals surface area (Å²) in [6, 6.07) is 7.49. The third-order valence-electron chi connectivity index (χ3n) is 4.17. The molecule has 0 bridgehead atoms. The zero-order valence-electron chi connectivity index (χ0n) is 17.0. The molecule has 0 aliphatic carbocycles. The smallest absolute Gasteiger partial charge is 0.300 e. The molecule has 0 radical (unpaired) electrons. The normalized spacial score (nSPS) is 14.7. The van der Waals surface area contributed by atoms with Gasteiger partial charge in [0.2, 0.25) is 5.91 Å². The number of hydrogen-bond donors (Lipinski definition) is 2.